The van der Waals surface area contributed by atoms with E-state index in [2.05, 4.69) is 47.0 Å². The summed E-state index contributed by atoms with van der Waals surface area (Å²) in [7, 11) is 4.12. The van der Waals surface area contributed by atoms with Crippen LogP contribution in [0.2, 0.25) is 0 Å². The first-order valence-corrected chi connectivity index (χ1v) is 14.9. The van der Waals surface area contributed by atoms with Crippen LogP contribution in [0, 0.1) is 12.8 Å². The summed E-state index contributed by atoms with van der Waals surface area (Å²) in [5.74, 6) is 0.482. The highest BCUT2D eigenvalue weighted by molar-refractivity contribution is 5.98. The number of hydrogen-bond donors (Lipinski definition) is 1. The van der Waals surface area contributed by atoms with Gasteiger partial charge >= 0.3 is 0 Å². The molecule has 7 nitrogen and oxygen atoms in total. The summed E-state index contributed by atoms with van der Waals surface area (Å²) in [6.45, 7) is 7.91. The molecule has 4 aromatic rings. The Labute approximate surface area is 242 Å². The minimum absolute atomic E-state index is 0.0528. The Bertz CT molecular complexity index is 1590. The second kappa shape index (κ2) is 10.6. The van der Waals surface area contributed by atoms with Crippen molar-refractivity contribution >= 4 is 22.6 Å². The van der Waals surface area contributed by atoms with Gasteiger partial charge in [-0.2, -0.15) is 0 Å². The van der Waals surface area contributed by atoms with E-state index in [1.54, 1.807) is 0 Å². The van der Waals surface area contributed by atoms with E-state index in [4.69, 9.17) is 9.72 Å². The van der Waals surface area contributed by atoms with Crippen LogP contribution < -0.4 is 4.90 Å². The summed E-state index contributed by atoms with van der Waals surface area (Å²) in [5, 5.41) is 1.09. The molecule has 3 aliphatic heterocycles. The maximum atomic E-state index is 13.0. The molecule has 0 aliphatic carbocycles. The lowest BCUT2D eigenvalue weighted by Gasteiger charge is -2.46. The number of hydrogen-bond acceptors (Lipinski definition) is 5. The minimum Gasteiger partial charge on any atom is -0.381 e. The zero-order valence-electron chi connectivity index (χ0n) is 24.3. The molecule has 2 atom stereocenters. The number of rotatable bonds is 5. The van der Waals surface area contributed by atoms with Crippen LogP contribution in [0.4, 0.5) is 5.69 Å². The van der Waals surface area contributed by atoms with Crippen molar-refractivity contribution in [1.29, 1.82) is 0 Å². The van der Waals surface area contributed by atoms with Crippen molar-refractivity contribution in [3.05, 3.63) is 71.5 Å². The molecule has 3 aliphatic rings. The minimum atomic E-state index is 0.0528. The Morgan fingerprint density at radius 1 is 1.10 bits per heavy atom. The Morgan fingerprint density at radius 2 is 1.95 bits per heavy atom. The highest BCUT2D eigenvalue weighted by atomic mass is 16.5. The van der Waals surface area contributed by atoms with Crippen molar-refractivity contribution in [2.75, 3.05) is 58.4 Å². The molecule has 1 amide bonds. The normalized spacial score (nSPS) is 20.7. The van der Waals surface area contributed by atoms with Gasteiger partial charge in [0.1, 0.15) is 5.65 Å². The predicted octanol–water partition coefficient (Wildman–Crippen LogP) is 5.38. The van der Waals surface area contributed by atoms with Gasteiger partial charge in [0, 0.05) is 92.0 Å². The number of H-pyrrole nitrogens is 1. The largest absolute Gasteiger partial charge is 0.381 e. The molecule has 2 saturated heterocycles. The smallest absolute Gasteiger partial charge is 0.253 e. The van der Waals surface area contributed by atoms with Crippen molar-refractivity contribution in [3.63, 3.8) is 0 Å². The molecule has 0 spiro atoms. The van der Waals surface area contributed by atoms with Gasteiger partial charge in [0.25, 0.3) is 5.91 Å². The van der Waals surface area contributed by atoms with E-state index >= 15 is 0 Å². The van der Waals surface area contributed by atoms with Crippen LogP contribution in [0.15, 0.2) is 54.9 Å². The second-order valence-corrected chi connectivity index (χ2v) is 12.3. The van der Waals surface area contributed by atoms with Gasteiger partial charge in [-0.25, -0.2) is 4.98 Å². The first kappa shape index (κ1) is 26.2. The van der Waals surface area contributed by atoms with Crippen molar-refractivity contribution in [1.82, 2.24) is 19.8 Å². The van der Waals surface area contributed by atoms with Crippen molar-refractivity contribution < 1.29 is 9.53 Å². The number of ether oxygens (including phenoxy) is 1. The number of amides is 1. The molecule has 7 heteroatoms. The first-order valence-electron chi connectivity index (χ1n) is 14.9. The quantitative estimate of drug-likeness (QED) is 0.362. The second-order valence-electron chi connectivity index (χ2n) is 12.3. The molecule has 212 valence electrons. The number of piperazine rings is 1. The molecule has 2 fully saturated rings. The number of aryl methyl sites for hydroxylation is 2. The van der Waals surface area contributed by atoms with Gasteiger partial charge < -0.3 is 24.4 Å². The van der Waals surface area contributed by atoms with Gasteiger partial charge in [-0.1, -0.05) is 12.1 Å². The zero-order valence-corrected chi connectivity index (χ0v) is 24.3. The van der Waals surface area contributed by atoms with E-state index in [1.165, 1.54) is 28.8 Å². The van der Waals surface area contributed by atoms with Gasteiger partial charge in [-0.05, 0) is 85.8 Å². The molecular weight excluding hydrogens is 510 g/mol. The van der Waals surface area contributed by atoms with Crippen molar-refractivity contribution in [2.24, 2.45) is 5.92 Å². The highest BCUT2D eigenvalue weighted by Gasteiger charge is 2.31. The first-order chi connectivity index (χ1) is 19.9. The Morgan fingerprint density at radius 3 is 2.76 bits per heavy atom. The van der Waals surface area contributed by atoms with Crippen LogP contribution in [0.25, 0.3) is 33.3 Å². The van der Waals surface area contributed by atoms with Crippen LogP contribution in [0.1, 0.15) is 34.3 Å². The van der Waals surface area contributed by atoms with E-state index in [-0.39, 0.29) is 5.91 Å². The number of pyridine rings is 1. The third kappa shape index (κ3) is 4.91. The van der Waals surface area contributed by atoms with Gasteiger partial charge in [0.2, 0.25) is 0 Å². The number of nitrogens with one attached hydrogen (secondary N) is 1. The number of benzene rings is 2. The van der Waals surface area contributed by atoms with E-state index in [9.17, 15) is 4.79 Å². The molecule has 0 bridgehead atoms. The number of carbonyl (C=O) groups excluding carboxylic acids is 1. The summed E-state index contributed by atoms with van der Waals surface area (Å²) in [4.78, 5) is 28.1. The fourth-order valence-corrected chi connectivity index (χ4v) is 7.11. The molecule has 2 aromatic carbocycles. The average molecular weight is 550 g/mol. The highest BCUT2D eigenvalue weighted by Crippen LogP contribution is 2.39. The third-order valence-electron chi connectivity index (χ3n) is 9.31. The molecule has 1 N–H and O–H groups in total. The van der Waals surface area contributed by atoms with E-state index in [0.717, 1.165) is 80.0 Å². The number of aromatic amines is 1. The van der Waals surface area contributed by atoms with Gasteiger partial charge in [0.05, 0.1) is 6.61 Å². The SMILES string of the molecule is Cc1cc(-c2cnc3[nH]cc(-c4ccc(C(=O)N(C)C[C@H]5CCOC5)cc4)c3c2)cc2c1N1CCN(C)C[C@@H]1CC2. The van der Waals surface area contributed by atoms with Crippen LogP contribution in [-0.4, -0.2) is 85.2 Å². The van der Waals surface area contributed by atoms with Crippen LogP contribution >= 0.6 is 0 Å². The fraction of sp³-hybridized carbons (Fsp3) is 0.412. The fourth-order valence-electron chi connectivity index (χ4n) is 7.11. The predicted molar refractivity (Wildman–Crippen MR) is 165 cm³/mol. The maximum Gasteiger partial charge on any atom is 0.253 e. The lowest BCUT2D eigenvalue weighted by atomic mass is 9.89. The topological polar surface area (TPSA) is 64.7 Å². The molecule has 2 aromatic heterocycles. The molecule has 7 rings (SSSR count). The van der Waals surface area contributed by atoms with Gasteiger partial charge in [0.15, 0.2) is 0 Å². The van der Waals surface area contributed by atoms with Crippen LogP contribution in [0.5, 0.6) is 0 Å². The number of carbonyl (C=O) groups is 1. The monoisotopic (exact) mass is 549 g/mol. The van der Waals surface area contributed by atoms with Gasteiger partial charge in [-0.3, -0.25) is 4.79 Å². The summed E-state index contributed by atoms with van der Waals surface area (Å²) in [6.07, 6.45) is 7.37. The molecule has 0 unspecified atom stereocenters. The third-order valence-corrected chi connectivity index (χ3v) is 9.31. The maximum absolute atomic E-state index is 13.0. The summed E-state index contributed by atoms with van der Waals surface area (Å²) in [5.41, 5.74) is 10.4. The number of anilines is 1. The zero-order chi connectivity index (χ0) is 28.1. The lowest BCUT2D eigenvalue weighted by Crippen LogP contribution is -2.54. The lowest BCUT2D eigenvalue weighted by molar-refractivity contribution is 0.0766. The molecular formula is C34H39N5O2. The Hall–Kier alpha value is -3.68. The number of nitrogens with zero attached hydrogens (tertiary/aromatic N) is 4. The average Bonchev–Trinajstić information content (AvgIpc) is 3.66. The molecule has 41 heavy (non-hydrogen) atoms. The summed E-state index contributed by atoms with van der Waals surface area (Å²) in [6, 6.07) is 15.6. The summed E-state index contributed by atoms with van der Waals surface area (Å²) >= 11 is 0. The number of aromatic nitrogens is 2. The number of fused-ring (bicyclic) bond motifs is 4. The van der Waals surface area contributed by atoms with Crippen LogP contribution in [-0.2, 0) is 11.2 Å². The molecule has 0 radical (unpaired) electrons. The number of likely N-dealkylation sites (N-methyl/N-ethyl adjacent to an activating group) is 1. The van der Waals surface area contributed by atoms with E-state index in [1.807, 2.05) is 48.6 Å². The molecule has 5 heterocycles. The standard InChI is InChI=1S/C34H39N5O2/c1-22-14-27(15-26-8-9-29-20-37(2)11-12-39(29)32(22)26)28-16-30-31(18-36-33(30)35-17-28)24-4-6-25(7-5-24)34(40)38(3)19-23-10-13-41-21-23/h4-7,14-18,23,29H,8-13,19-21H2,1-3H3,(H,35,36)/t23-,29+/m1/s1. The summed E-state index contributed by atoms with van der Waals surface area (Å²) < 4.78 is 5.48. The molecule has 0 saturated carbocycles. The Balaban J connectivity index is 1.15. The Kier molecular flexibility index (Phi) is 6.79. The van der Waals surface area contributed by atoms with Gasteiger partial charge in [-0.15, -0.1) is 0 Å². The van der Waals surface area contributed by atoms with Crippen LogP contribution in [0.3, 0.4) is 0 Å². The van der Waals surface area contributed by atoms with Crippen molar-refractivity contribution in [2.45, 2.75) is 32.2 Å². The van der Waals surface area contributed by atoms with E-state index < -0.39 is 0 Å². The van der Waals surface area contributed by atoms with Crippen molar-refractivity contribution in [3.8, 4) is 22.3 Å². The van der Waals surface area contributed by atoms with E-state index in [0.29, 0.717) is 17.5 Å².